The molecule has 0 heterocycles. The van der Waals surface area contributed by atoms with Gasteiger partial charge >= 0.3 is 0 Å². The molecule has 0 rings (SSSR count). The highest BCUT2D eigenvalue weighted by atomic mass is 16.5. The van der Waals surface area contributed by atoms with Crippen LogP contribution in [0.2, 0.25) is 0 Å². The molecule has 3 heteroatoms. The van der Waals surface area contributed by atoms with Crippen LogP contribution in [0, 0.1) is 0 Å². The molecule has 0 aliphatic heterocycles. The van der Waals surface area contributed by atoms with Gasteiger partial charge in [0.05, 0.1) is 21.2 Å². The largest absolute Gasteiger partial charge is 0.496 e. The van der Waals surface area contributed by atoms with Crippen LogP contribution in [0.3, 0.4) is 0 Å². The van der Waals surface area contributed by atoms with E-state index in [2.05, 4.69) is 14.1 Å². The van der Waals surface area contributed by atoms with E-state index < -0.39 is 0 Å². The fraction of sp³-hybridized carbons (Fsp3) is 0.714. The lowest BCUT2D eigenvalue weighted by Crippen LogP contribution is -3.05. The zero-order chi connectivity index (χ0) is 8.15. The Morgan fingerprint density at radius 3 is 2.00 bits per heavy atom. The molecule has 0 aromatic carbocycles. The van der Waals surface area contributed by atoms with Crippen LogP contribution in [0.25, 0.3) is 0 Å². The van der Waals surface area contributed by atoms with E-state index in [1.54, 1.807) is 13.4 Å². The van der Waals surface area contributed by atoms with E-state index in [9.17, 15) is 0 Å². The summed E-state index contributed by atoms with van der Waals surface area (Å²) in [5.41, 5.74) is 0. The maximum atomic E-state index is 4.90. The molecular weight excluding hydrogens is 128 g/mol. The van der Waals surface area contributed by atoms with Gasteiger partial charge in [0.2, 0.25) is 5.82 Å². The molecule has 0 fully saturated rings. The van der Waals surface area contributed by atoms with Crippen molar-refractivity contribution in [3.8, 4) is 0 Å². The number of nitrogens with one attached hydrogen (secondary N) is 1. The zero-order valence-electron chi connectivity index (χ0n) is 7.43. The van der Waals surface area contributed by atoms with Crippen molar-refractivity contribution < 1.29 is 9.64 Å². The first kappa shape index (κ1) is 9.30. The van der Waals surface area contributed by atoms with Crippen LogP contribution < -0.4 is 4.90 Å². The number of nitrogens with zero attached hydrogens (tertiary/aromatic N) is 1. The Morgan fingerprint density at radius 2 is 1.90 bits per heavy atom. The summed E-state index contributed by atoms with van der Waals surface area (Å²) in [6.07, 6.45) is 1.75. The summed E-state index contributed by atoms with van der Waals surface area (Å²) in [7, 11) is 9.78. The summed E-state index contributed by atoms with van der Waals surface area (Å²) in [5, 5.41) is 0. The fourth-order valence-electron chi connectivity index (χ4n) is 0.782. The molecule has 0 aromatic rings. The maximum absolute atomic E-state index is 4.90. The molecule has 0 aliphatic rings. The molecule has 60 valence electrons. The molecule has 3 nitrogen and oxygen atoms in total. The molecule has 10 heavy (non-hydrogen) atoms. The standard InChI is InChI=1S/C7H16N2O/c1-8(2)7(6-10-5)9(3)4/h6H,1-5H3/p+1. The molecule has 0 saturated heterocycles. The van der Waals surface area contributed by atoms with Crippen molar-refractivity contribution >= 4 is 0 Å². The highest BCUT2D eigenvalue weighted by Gasteiger charge is 2.06. The average Bonchev–Trinajstić information content (AvgIpc) is 1.81. The summed E-state index contributed by atoms with van der Waals surface area (Å²) >= 11 is 0. The van der Waals surface area contributed by atoms with Crippen LogP contribution in [0.1, 0.15) is 0 Å². The van der Waals surface area contributed by atoms with Crippen molar-refractivity contribution in [2.45, 2.75) is 0 Å². The number of rotatable bonds is 3. The van der Waals surface area contributed by atoms with E-state index in [1.807, 2.05) is 19.0 Å². The fourth-order valence-corrected chi connectivity index (χ4v) is 0.782. The van der Waals surface area contributed by atoms with Crippen LogP contribution in [0.5, 0.6) is 0 Å². The van der Waals surface area contributed by atoms with Gasteiger partial charge in [0, 0.05) is 14.1 Å². The molecule has 0 radical (unpaired) electrons. The predicted octanol–water partition coefficient (Wildman–Crippen LogP) is -0.862. The molecular formula is C7H17N2O+. The number of ether oxygens (including phenoxy) is 1. The Morgan fingerprint density at radius 1 is 1.40 bits per heavy atom. The van der Waals surface area contributed by atoms with Crippen LogP contribution in [-0.4, -0.2) is 40.2 Å². The van der Waals surface area contributed by atoms with Crippen molar-refractivity contribution in [2.75, 3.05) is 35.3 Å². The van der Waals surface area contributed by atoms with Crippen LogP contribution in [-0.2, 0) is 4.74 Å². The Hall–Kier alpha value is -0.700. The SMILES string of the molecule is COC=C(N(C)C)[NH+](C)C. The lowest BCUT2D eigenvalue weighted by atomic mass is 10.6. The normalized spacial score (nSPS) is 12.0. The first-order chi connectivity index (χ1) is 4.59. The molecule has 0 unspecified atom stereocenters. The molecule has 0 aromatic heterocycles. The molecule has 0 aliphatic carbocycles. The minimum absolute atomic E-state index is 1.13. The Labute approximate surface area is 62.9 Å². The van der Waals surface area contributed by atoms with Crippen molar-refractivity contribution in [1.29, 1.82) is 0 Å². The van der Waals surface area contributed by atoms with E-state index in [0.29, 0.717) is 0 Å². The number of methoxy groups -OCH3 is 1. The smallest absolute Gasteiger partial charge is 0.236 e. The Balaban J connectivity index is 4.12. The van der Waals surface area contributed by atoms with E-state index in [0.717, 1.165) is 5.82 Å². The van der Waals surface area contributed by atoms with Crippen molar-refractivity contribution in [3.63, 3.8) is 0 Å². The first-order valence-corrected chi connectivity index (χ1v) is 3.30. The van der Waals surface area contributed by atoms with Gasteiger partial charge in [-0.25, -0.2) is 0 Å². The maximum Gasteiger partial charge on any atom is 0.236 e. The van der Waals surface area contributed by atoms with E-state index >= 15 is 0 Å². The topological polar surface area (TPSA) is 16.9 Å². The highest BCUT2D eigenvalue weighted by Crippen LogP contribution is 1.85. The lowest BCUT2D eigenvalue weighted by Gasteiger charge is -2.17. The average molecular weight is 145 g/mol. The molecule has 0 bridgehead atoms. The van der Waals surface area contributed by atoms with Gasteiger partial charge in [-0.3, -0.25) is 4.90 Å². The second-order valence-electron chi connectivity index (χ2n) is 2.63. The molecule has 0 amide bonds. The molecule has 1 N–H and O–H groups in total. The zero-order valence-corrected chi connectivity index (χ0v) is 7.43. The van der Waals surface area contributed by atoms with Gasteiger partial charge in [-0.2, -0.15) is 0 Å². The monoisotopic (exact) mass is 145 g/mol. The quantitative estimate of drug-likeness (QED) is 0.520. The van der Waals surface area contributed by atoms with Gasteiger partial charge in [-0.15, -0.1) is 0 Å². The molecule has 0 spiro atoms. The van der Waals surface area contributed by atoms with Gasteiger partial charge in [0.25, 0.3) is 0 Å². The summed E-state index contributed by atoms with van der Waals surface area (Å²) in [6.45, 7) is 0. The third kappa shape index (κ3) is 2.73. The second kappa shape index (κ2) is 4.17. The van der Waals surface area contributed by atoms with Gasteiger partial charge in [-0.05, 0) is 0 Å². The van der Waals surface area contributed by atoms with Gasteiger partial charge in [0.15, 0.2) is 6.26 Å². The van der Waals surface area contributed by atoms with Crippen molar-refractivity contribution in [1.82, 2.24) is 4.90 Å². The van der Waals surface area contributed by atoms with E-state index in [1.165, 1.54) is 4.90 Å². The number of hydrogen-bond donors (Lipinski definition) is 1. The van der Waals surface area contributed by atoms with Crippen LogP contribution >= 0.6 is 0 Å². The van der Waals surface area contributed by atoms with Gasteiger partial charge < -0.3 is 9.64 Å². The number of hydrogen-bond acceptors (Lipinski definition) is 2. The summed E-state index contributed by atoms with van der Waals surface area (Å²) in [6, 6.07) is 0. The molecule has 0 atom stereocenters. The van der Waals surface area contributed by atoms with E-state index in [4.69, 9.17) is 4.74 Å². The Bertz CT molecular complexity index is 109. The summed E-state index contributed by atoms with van der Waals surface area (Å²) in [4.78, 5) is 3.28. The van der Waals surface area contributed by atoms with Crippen LogP contribution in [0.4, 0.5) is 0 Å². The van der Waals surface area contributed by atoms with Crippen molar-refractivity contribution in [2.24, 2.45) is 0 Å². The third-order valence-electron chi connectivity index (χ3n) is 1.22. The van der Waals surface area contributed by atoms with Crippen LogP contribution in [0.15, 0.2) is 12.1 Å². The van der Waals surface area contributed by atoms with Gasteiger partial charge in [-0.1, -0.05) is 0 Å². The Kier molecular flexibility index (Phi) is 3.88. The third-order valence-corrected chi connectivity index (χ3v) is 1.22. The minimum Gasteiger partial charge on any atom is -0.496 e. The summed E-state index contributed by atoms with van der Waals surface area (Å²) < 4.78 is 4.90. The second-order valence-corrected chi connectivity index (χ2v) is 2.63. The predicted molar refractivity (Wildman–Crippen MR) is 41.6 cm³/mol. The van der Waals surface area contributed by atoms with Crippen molar-refractivity contribution in [3.05, 3.63) is 12.1 Å². The minimum atomic E-state index is 1.13. The first-order valence-electron chi connectivity index (χ1n) is 3.30. The molecule has 0 saturated carbocycles. The number of quaternary nitrogens is 1. The van der Waals surface area contributed by atoms with Gasteiger partial charge in [0.1, 0.15) is 0 Å². The highest BCUT2D eigenvalue weighted by molar-refractivity contribution is 4.80. The summed E-state index contributed by atoms with van der Waals surface area (Å²) in [5.74, 6) is 1.13. The van der Waals surface area contributed by atoms with E-state index in [-0.39, 0.29) is 0 Å². The lowest BCUT2D eigenvalue weighted by molar-refractivity contribution is -0.826.